The third-order valence-electron chi connectivity index (χ3n) is 1.78. The van der Waals surface area contributed by atoms with Gasteiger partial charge in [0.15, 0.2) is 0 Å². The molecule has 2 unspecified atom stereocenters. The lowest BCUT2D eigenvalue weighted by atomic mass is 10.5. The van der Waals surface area contributed by atoms with Crippen LogP contribution in [0.25, 0.3) is 0 Å². The second-order valence-electron chi connectivity index (χ2n) is 2.74. The summed E-state index contributed by atoms with van der Waals surface area (Å²) >= 11 is 11.2. The highest BCUT2D eigenvalue weighted by molar-refractivity contribution is 7.54. The van der Waals surface area contributed by atoms with Gasteiger partial charge in [-0.15, -0.1) is 23.2 Å². The van der Waals surface area contributed by atoms with Crippen molar-refractivity contribution in [2.45, 2.75) is 6.42 Å². The van der Waals surface area contributed by atoms with Gasteiger partial charge < -0.3 is 4.52 Å². The van der Waals surface area contributed by atoms with Crippen molar-refractivity contribution >= 4 is 30.9 Å². The van der Waals surface area contributed by atoms with Gasteiger partial charge in [0, 0.05) is 32.7 Å². The van der Waals surface area contributed by atoms with Crippen molar-refractivity contribution in [1.29, 1.82) is 0 Å². The summed E-state index contributed by atoms with van der Waals surface area (Å²) in [6.07, 6.45) is 0.378. The molecule has 0 saturated carbocycles. The van der Waals surface area contributed by atoms with Gasteiger partial charge in [-0.05, 0) is 6.42 Å². The Morgan fingerprint density at radius 2 is 2.21 bits per heavy atom. The molecule has 0 radical (unpaired) electrons. The van der Waals surface area contributed by atoms with E-state index in [0.29, 0.717) is 19.5 Å². The third-order valence-corrected chi connectivity index (χ3v) is 4.20. The SMILES string of the molecule is [2H]C1CCOP(=O)(N(CCCl)CCCl)N1[2H]. The predicted octanol–water partition coefficient (Wildman–Crippen LogP) is 1.88. The van der Waals surface area contributed by atoms with Crippen molar-refractivity contribution < 1.29 is 11.9 Å². The van der Waals surface area contributed by atoms with E-state index < -0.39 is 14.2 Å². The second kappa shape index (κ2) is 6.31. The van der Waals surface area contributed by atoms with Crippen molar-refractivity contribution in [1.82, 2.24) is 9.75 Å². The first kappa shape index (κ1) is 9.88. The first-order chi connectivity index (χ1) is 7.56. The van der Waals surface area contributed by atoms with E-state index in [1.807, 2.05) is 0 Å². The second-order valence-corrected chi connectivity index (χ2v) is 5.53. The fourth-order valence-electron chi connectivity index (χ4n) is 1.13. The van der Waals surface area contributed by atoms with E-state index in [1.165, 1.54) is 4.67 Å². The summed E-state index contributed by atoms with van der Waals surface area (Å²) in [5.74, 6) is 0.557. The molecule has 2 atom stereocenters. The highest BCUT2D eigenvalue weighted by Crippen LogP contribution is 2.47. The Hall–Kier alpha value is 0.690. The molecule has 1 heterocycles. The fourth-order valence-corrected chi connectivity index (χ4v) is 3.52. The van der Waals surface area contributed by atoms with Gasteiger partial charge in [0.25, 0.3) is 0 Å². The van der Waals surface area contributed by atoms with E-state index in [-0.39, 0.29) is 18.4 Å². The molecule has 1 aliphatic heterocycles. The van der Waals surface area contributed by atoms with Crippen LogP contribution in [0.3, 0.4) is 0 Å². The van der Waals surface area contributed by atoms with Crippen LogP contribution in [-0.2, 0) is 9.09 Å². The van der Waals surface area contributed by atoms with Crippen LogP contribution < -0.4 is 5.08 Å². The zero-order valence-corrected chi connectivity index (χ0v) is 10.1. The van der Waals surface area contributed by atoms with E-state index in [1.54, 1.807) is 0 Å². The molecule has 7 heteroatoms. The summed E-state index contributed by atoms with van der Waals surface area (Å²) in [5.41, 5.74) is 0. The first-order valence-corrected chi connectivity index (χ1v) is 6.99. The molecule has 0 aromatic heterocycles. The van der Waals surface area contributed by atoms with Crippen LogP contribution in [0, 0.1) is 0 Å². The topological polar surface area (TPSA) is 41.6 Å². The minimum atomic E-state index is -3.43. The Morgan fingerprint density at radius 1 is 1.57 bits per heavy atom. The molecule has 0 spiro atoms. The number of halogens is 2. The van der Waals surface area contributed by atoms with Crippen LogP contribution in [0.15, 0.2) is 0 Å². The Labute approximate surface area is 97.3 Å². The summed E-state index contributed by atoms with van der Waals surface area (Å²) in [5, 5.41) is 0.732. The monoisotopic (exact) mass is 262 g/mol. The van der Waals surface area contributed by atoms with E-state index in [0.717, 1.165) is 5.08 Å². The van der Waals surface area contributed by atoms with Gasteiger partial charge >= 0.3 is 7.67 Å². The minimum Gasteiger partial charge on any atom is -0.306 e. The molecular weight excluding hydrogens is 246 g/mol. The van der Waals surface area contributed by atoms with Crippen molar-refractivity contribution in [3.05, 3.63) is 0 Å². The molecule has 1 rings (SSSR count). The molecule has 1 aliphatic rings. The number of hydrogen-bond acceptors (Lipinski definition) is 2. The number of hydrogen-bond donors (Lipinski definition) is 1. The van der Waals surface area contributed by atoms with Gasteiger partial charge in [-0.25, -0.2) is 9.75 Å². The number of nitrogens with zero attached hydrogens (tertiary/aromatic N) is 1. The van der Waals surface area contributed by atoms with Gasteiger partial charge in [0.2, 0.25) is 0 Å². The van der Waals surface area contributed by atoms with E-state index in [9.17, 15) is 4.57 Å². The normalized spacial score (nSPS) is 36.9. The summed E-state index contributed by atoms with van der Waals surface area (Å²) in [4.78, 5) is 0. The van der Waals surface area contributed by atoms with Crippen molar-refractivity contribution in [2.24, 2.45) is 0 Å². The van der Waals surface area contributed by atoms with Gasteiger partial charge in [-0.3, -0.25) is 4.57 Å². The highest BCUT2D eigenvalue weighted by Gasteiger charge is 2.32. The summed E-state index contributed by atoms with van der Waals surface area (Å²) in [6.45, 7) is 0.0520. The minimum absolute atomic E-state index is 0.224. The summed E-state index contributed by atoms with van der Waals surface area (Å²) in [6, 6.07) is 0. The number of alkyl halides is 2. The highest BCUT2D eigenvalue weighted by atomic mass is 35.5. The quantitative estimate of drug-likeness (QED) is 0.607. The maximum Gasteiger partial charge on any atom is 0.343 e. The molecule has 4 nitrogen and oxygen atoms in total. The molecule has 0 aromatic carbocycles. The standard InChI is InChI=1S/C7H15Cl2N2O2P/c8-2-5-11(6-3-9)14(12)10-4-1-7-13-14/h1-7H2,(H,10,12)/i4D/hD. The Kier molecular flexibility index (Phi) is 4.46. The lowest BCUT2D eigenvalue weighted by Gasteiger charge is -2.33. The zero-order chi connectivity index (χ0) is 12.2. The molecule has 1 saturated heterocycles. The largest absolute Gasteiger partial charge is 0.343 e. The summed E-state index contributed by atoms with van der Waals surface area (Å²) in [7, 11) is -3.43. The van der Waals surface area contributed by atoms with E-state index in [4.69, 9.17) is 30.5 Å². The third kappa shape index (κ3) is 3.37. The maximum absolute atomic E-state index is 12.5. The molecule has 0 bridgehead atoms. The Morgan fingerprint density at radius 3 is 2.79 bits per heavy atom. The van der Waals surface area contributed by atoms with Crippen LogP contribution in [0.1, 0.15) is 7.79 Å². The zero-order valence-electron chi connectivity index (χ0n) is 9.73. The Balaban J connectivity index is 2.81. The van der Waals surface area contributed by atoms with Crippen molar-refractivity contribution in [3.63, 3.8) is 0 Å². The number of rotatable bonds is 5. The van der Waals surface area contributed by atoms with Gasteiger partial charge in [-0.1, -0.05) is 0 Å². The molecule has 14 heavy (non-hydrogen) atoms. The molecule has 0 amide bonds. The maximum atomic E-state index is 12.5. The van der Waals surface area contributed by atoms with Crippen LogP contribution >= 0.6 is 30.9 Å². The lowest BCUT2D eigenvalue weighted by molar-refractivity contribution is 0.233. The van der Waals surface area contributed by atoms with Crippen molar-refractivity contribution in [3.8, 4) is 0 Å². The van der Waals surface area contributed by atoms with Crippen LogP contribution in [0.2, 0.25) is 1.41 Å². The molecule has 0 aromatic rings. The van der Waals surface area contributed by atoms with Crippen molar-refractivity contribution in [2.75, 3.05) is 38.0 Å². The predicted molar refractivity (Wildman–Crippen MR) is 59.2 cm³/mol. The molecule has 1 fully saturated rings. The van der Waals surface area contributed by atoms with E-state index >= 15 is 0 Å². The molecule has 84 valence electrons. The van der Waals surface area contributed by atoms with Gasteiger partial charge in [0.1, 0.15) is 1.41 Å². The lowest BCUT2D eigenvalue weighted by Crippen LogP contribution is -2.35. The molecule has 1 N–H and O–H groups in total. The van der Waals surface area contributed by atoms with Crippen LogP contribution in [0.4, 0.5) is 0 Å². The van der Waals surface area contributed by atoms with Gasteiger partial charge in [-0.2, -0.15) is 0 Å². The molecular formula is C7H15Cl2N2O2P. The Bertz CT molecular complexity index is 269. The van der Waals surface area contributed by atoms with E-state index in [2.05, 4.69) is 0 Å². The summed E-state index contributed by atoms with van der Waals surface area (Å²) < 4.78 is 34.4. The van der Waals surface area contributed by atoms with Crippen LogP contribution in [-0.4, -0.2) is 42.6 Å². The number of nitrogens with one attached hydrogen (secondary N) is 1. The van der Waals surface area contributed by atoms with Crippen LogP contribution in [0.5, 0.6) is 0 Å². The average Bonchev–Trinajstić information content (AvgIpc) is 2.25. The average molecular weight is 263 g/mol. The fraction of sp³-hybridized carbons (Fsp3) is 1.00. The van der Waals surface area contributed by atoms with Gasteiger partial charge in [0.05, 0.1) is 6.61 Å². The smallest absolute Gasteiger partial charge is 0.306 e. The first-order valence-electron chi connectivity index (χ1n) is 5.41. The molecule has 0 aliphatic carbocycles.